The standard InChI is InChI=1S/C20H38N2/c1-5-8-15-21-16-14-20(4)13-11-10-12-19-22(17-7-3)18-9-6-2/h5,8,14,16H,6-7,9-13,15,17-19H2,1-4H3/b8-5-,20-14+,21-16-. The van der Waals surface area contributed by atoms with Crippen LogP contribution in [-0.4, -0.2) is 37.3 Å². The lowest BCUT2D eigenvalue weighted by Crippen LogP contribution is -2.26. The van der Waals surface area contributed by atoms with Gasteiger partial charge in [-0.3, -0.25) is 4.99 Å². The summed E-state index contributed by atoms with van der Waals surface area (Å²) < 4.78 is 0. The predicted molar refractivity (Wildman–Crippen MR) is 102 cm³/mol. The maximum absolute atomic E-state index is 4.32. The molecular weight excluding hydrogens is 268 g/mol. The zero-order valence-electron chi connectivity index (χ0n) is 15.5. The van der Waals surface area contributed by atoms with Gasteiger partial charge in [-0.2, -0.15) is 0 Å². The maximum Gasteiger partial charge on any atom is 0.0570 e. The van der Waals surface area contributed by atoms with Crippen molar-refractivity contribution in [3.63, 3.8) is 0 Å². The van der Waals surface area contributed by atoms with Gasteiger partial charge in [0, 0.05) is 6.21 Å². The van der Waals surface area contributed by atoms with Crippen LogP contribution in [0.2, 0.25) is 0 Å². The zero-order valence-corrected chi connectivity index (χ0v) is 15.5. The van der Waals surface area contributed by atoms with Crippen LogP contribution in [-0.2, 0) is 0 Å². The van der Waals surface area contributed by atoms with Crippen molar-refractivity contribution < 1.29 is 0 Å². The van der Waals surface area contributed by atoms with Gasteiger partial charge in [0.15, 0.2) is 0 Å². The minimum atomic E-state index is 0.797. The Bertz CT molecular complexity index is 316. The SMILES string of the molecule is C/C=C\C/N=C\C=C(/C)CCCCCN(CCC)CCCC. The van der Waals surface area contributed by atoms with E-state index in [2.05, 4.69) is 42.8 Å². The molecule has 0 amide bonds. The van der Waals surface area contributed by atoms with Gasteiger partial charge in [-0.15, -0.1) is 0 Å². The largest absolute Gasteiger partial charge is 0.303 e. The molecule has 0 spiro atoms. The first kappa shape index (κ1) is 21.1. The van der Waals surface area contributed by atoms with Gasteiger partial charge >= 0.3 is 0 Å². The van der Waals surface area contributed by atoms with Gasteiger partial charge in [0.2, 0.25) is 0 Å². The second-order valence-electron chi connectivity index (χ2n) is 6.10. The van der Waals surface area contributed by atoms with E-state index in [-0.39, 0.29) is 0 Å². The van der Waals surface area contributed by atoms with Gasteiger partial charge in [-0.05, 0) is 71.7 Å². The fraction of sp³-hybridized carbons (Fsp3) is 0.750. The Morgan fingerprint density at radius 2 is 1.73 bits per heavy atom. The molecule has 0 aromatic carbocycles. The molecule has 0 heterocycles. The monoisotopic (exact) mass is 306 g/mol. The number of unbranched alkanes of at least 4 members (excludes halogenated alkanes) is 3. The highest BCUT2D eigenvalue weighted by molar-refractivity contribution is 5.72. The second-order valence-corrected chi connectivity index (χ2v) is 6.10. The number of allylic oxidation sites excluding steroid dienone is 3. The number of aliphatic imine (C=N–C) groups is 1. The Balaban J connectivity index is 3.72. The first-order valence-electron chi connectivity index (χ1n) is 9.23. The van der Waals surface area contributed by atoms with E-state index in [0.29, 0.717) is 0 Å². The van der Waals surface area contributed by atoms with Gasteiger partial charge in [0.05, 0.1) is 6.54 Å². The smallest absolute Gasteiger partial charge is 0.0570 e. The van der Waals surface area contributed by atoms with Crippen molar-refractivity contribution in [1.29, 1.82) is 0 Å². The Morgan fingerprint density at radius 1 is 0.955 bits per heavy atom. The molecule has 0 radical (unpaired) electrons. The number of hydrogen-bond donors (Lipinski definition) is 0. The highest BCUT2D eigenvalue weighted by atomic mass is 15.1. The summed E-state index contributed by atoms with van der Waals surface area (Å²) in [5.74, 6) is 0. The molecule has 0 unspecified atom stereocenters. The molecule has 0 atom stereocenters. The highest BCUT2D eigenvalue weighted by Gasteiger charge is 2.02. The summed E-state index contributed by atoms with van der Waals surface area (Å²) in [5, 5.41) is 0. The summed E-state index contributed by atoms with van der Waals surface area (Å²) in [7, 11) is 0. The molecule has 0 rings (SSSR count). The molecule has 0 aliphatic carbocycles. The summed E-state index contributed by atoms with van der Waals surface area (Å²) in [4.78, 5) is 6.96. The van der Waals surface area contributed by atoms with E-state index in [9.17, 15) is 0 Å². The van der Waals surface area contributed by atoms with Crippen LogP contribution in [0.1, 0.15) is 72.6 Å². The molecule has 0 aliphatic heterocycles. The first-order valence-corrected chi connectivity index (χ1v) is 9.23. The van der Waals surface area contributed by atoms with Crippen LogP contribution < -0.4 is 0 Å². The number of nitrogens with zero attached hydrogens (tertiary/aromatic N) is 2. The number of hydrogen-bond acceptors (Lipinski definition) is 2. The predicted octanol–water partition coefficient (Wildman–Crippen LogP) is 5.65. The van der Waals surface area contributed by atoms with E-state index < -0.39 is 0 Å². The molecule has 0 saturated heterocycles. The minimum absolute atomic E-state index is 0.797. The summed E-state index contributed by atoms with van der Waals surface area (Å²) >= 11 is 0. The Morgan fingerprint density at radius 3 is 2.41 bits per heavy atom. The molecule has 0 fully saturated rings. The average molecular weight is 307 g/mol. The second kappa shape index (κ2) is 16.5. The van der Waals surface area contributed by atoms with Crippen LogP contribution in [0.5, 0.6) is 0 Å². The van der Waals surface area contributed by atoms with Crippen molar-refractivity contribution in [2.75, 3.05) is 26.2 Å². The molecule has 2 heteroatoms. The summed E-state index contributed by atoms with van der Waals surface area (Å²) in [6.07, 6.45) is 17.3. The van der Waals surface area contributed by atoms with E-state index in [0.717, 1.165) is 6.54 Å². The van der Waals surface area contributed by atoms with Crippen molar-refractivity contribution in [2.24, 2.45) is 4.99 Å². The molecule has 0 N–H and O–H groups in total. The topological polar surface area (TPSA) is 15.6 Å². The van der Waals surface area contributed by atoms with Crippen LogP contribution in [0.3, 0.4) is 0 Å². The van der Waals surface area contributed by atoms with E-state index in [1.807, 2.05) is 19.2 Å². The van der Waals surface area contributed by atoms with Crippen molar-refractivity contribution >= 4 is 6.21 Å². The van der Waals surface area contributed by atoms with Crippen molar-refractivity contribution in [2.45, 2.75) is 72.6 Å². The molecular formula is C20H38N2. The third-order valence-electron chi connectivity index (χ3n) is 3.82. The fourth-order valence-electron chi connectivity index (χ4n) is 2.44. The maximum atomic E-state index is 4.32. The van der Waals surface area contributed by atoms with Crippen LogP contribution in [0.15, 0.2) is 28.8 Å². The Hall–Kier alpha value is -0.890. The summed E-state index contributed by atoms with van der Waals surface area (Å²) in [6, 6.07) is 0. The van der Waals surface area contributed by atoms with Gasteiger partial charge in [0.1, 0.15) is 0 Å². The third kappa shape index (κ3) is 14.1. The molecule has 0 aromatic heterocycles. The average Bonchev–Trinajstić information content (AvgIpc) is 2.52. The lowest BCUT2D eigenvalue weighted by Gasteiger charge is -2.21. The summed E-state index contributed by atoms with van der Waals surface area (Å²) in [6.45, 7) is 13.4. The first-order chi connectivity index (χ1) is 10.7. The van der Waals surface area contributed by atoms with Crippen LogP contribution in [0.25, 0.3) is 0 Å². The van der Waals surface area contributed by atoms with E-state index >= 15 is 0 Å². The summed E-state index contributed by atoms with van der Waals surface area (Å²) in [5.41, 5.74) is 1.45. The molecule has 128 valence electrons. The van der Waals surface area contributed by atoms with Crippen molar-refractivity contribution in [1.82, 2.24) is 4.90 Å². The molecule has 0 bridgehead atoms. The van der Waals surface area contributed by atoms with Crippen LogP contribution in [0, 0.1) is 0 Å². The lowest BCUT2D eigenvalue weighted by molar-refractivity contribution is 0.263. The zero-order chi connectivity index (χ0) is 16.5. The third-order valence-corrected chi connectivity index (χ3v) is 3.82. The van der Waals surface area contributed by atoms with Crippen LogP contribution >= 0.6 is 0 Å². The molecule has 0 aromatic rings. The fourth-order valence-corrected chi connectivity index (χ4v) is 2.44. The Labute approximate surface area is 139 Å². The van der Waals surface area contributed by atoms with E-state index in [1.54, 1.807) is 0 Å². The quantitative estimate of drug-likeness (QED) is 0.230. The van der Waals surface area contributed by atoms with Gasteiger partial charge < -0.3 is 4.90 Å². The normalized spacial score (nSPS) is 13.0. The van der Waals surface area contributed by atoms with E-state index in [4.69, 9.17) is 0 Å². The van der Waals surface area contributed by atoms with Crippen molar-refractivity contribution in [3.05, 3.63) is 23.8 Å². The molecule has 0 saturated carbocycles. The molecule has 0 aliphatic rings. The molecule has 22 heavy (non-hydrogen) atoms. The number of rotatable bonds is 14. The lowest BCUT2D eigenvalue weighted by atomic mass is 10.1. The minimum Gasteiger partial charge on any atom is -0.303 e. The van der Waals surface area contributed by atoms with Crippen LogP contribution in [0.4, 0.5) is 0 Å². The van der Waals surface area contributed by atoms with E-state index in [1.165, 1.54) is 70.2 Å². The molecule has 2 nitrogen and oxygen atoms in total. The van der Waals surface area contributed by atoms with Gasteiger partial charge in [-0.25, -0.2) is 0 Å². The van der Waals surface area contributed by atoms with Crippen molar-refractivity contribution in [3.8, 4) is 0 Å². The van der Waals surface area contributed by atoms with Gasteiger partial charge in [-0.1, -0.05) is 44.4 Å². The Kier molecular flexibility index (Phi) is 15.8. The highest BCUT2D eigenvalue weighted by Crippen LogP contribution is 2.09. The van der Waals surface area contributed by atoms with Gasteiger partial charge in [0.25, 0.3) is 0 Å².